The average Bonchev–Trinajstić information content (AvgIpc) is 2.60. The summed E-state index contributed by atoms with van der Waals surface area (Å²) in [4.78, 5) is 23.8. The molecule has 0 bridgehead atoms. The van der Waals surface area contributed by atoms with Crippen LogP contribution in [0.4, 0.5) is 5.69 Å². The number of hydrogen-bond acceptors (Lipinski definition) is 4. The van der Waals surface area contributed by atoms with Gasteiger partial charge in [-0.3, -0.25) is 9.59 Å². The second kappa shape index (κ2) is 9.64. The van der Waals surface area contributed by atoms with Crippen molar-refractivity contribution < 1.29 is 14.3 Å². The zero-order valence-electron chi connectivity index (χ0n) is 15.1. The predicted molar refractivity (Wildman–Crippen MR) is 109 cm³/mol. The molecule has 0 atom stereocenters. The van der Waals surface area contributed by atoms with Crippen LogP contribution < -0.4 is 10.1 Å². The van der Waals surface area contributed by atoms with Crippen molar-refractivity contribution in [2.45, 2.75) is 26.5 Å². The molecule has 26 heavy (non-hydrogen) atoms. The maximum Gasteiger partial charge on any atom is 0.234 e. The summed E-state index contributed by atoms with van der Waals surface area (Å²) in [6.07, 6.45) is 0. The smallest absolute Gasteiger partial charge is 0.234 e. The molecule has 0 unspecified atom stereocenters. The molecule has 0 spiro atoms. The number of carbonyl (C=O) groups excluding carboxylic acids is 2. The Kier molecular flexibility index (Phi) is 7.54. The Bertz CT molecular complexity index is 808. The van der Waals surface area contributed by atoms with Crippen molar-refractivity contribution in [3.8, 4) is 5.75 Å². The van der Waals surface area contributed by atoms with Crippen LogP contribution in [-0.2, 0) is 10.5 Å². The highest BCUT2D eigenvalue weighted by Crippen LogP contribution is 2.26. The molecule has 0 saturated carbocycles. The van der Waals surface area contributed by atoms with Crippen LogP contribution in [0.3, 0.4) is 0 Å². The molecular weight excluding hydrogens is 370 g/mol. The van der Waals surface area contributed by atoms with E-state index in [9.17, 15) is 9.59 Å². The number of hydrogen-bond donors (Lipinski definition) is 1. The van der Waals surface area contributed by atoms with Gasteiger partial charge in [-0.25, -0.2) is 0 Å². The summed E-state index contributed by atoms with van der Waals surface area (Å²) in [7, 11) is 0. The van der Waals surface area contributed by atoms with Crippen molar-refractivity contribution in [2.24, 2.45) is 0 Å². The fourth-order valence-corrected chi connectivity index (χ4v) is 3.37. The molecule has 4 nitrogen and oxygen atoms in total. The zero-order valence-corrected chi connectivity index (χ0v) is 16.7. The monoisotopic (exact) mass is 391 g/mol. The largest absolute Gasteiger partial charge is 0.494 e. The summed E-state index contributed by atoms with van der Waals surface area (Å²) < 4.78 is 5.61. The number of carbonyl (C=O) groups is 2. The molecule has 0 aromatic heterocycles. The minimum atomic E-state index is -0.0963. The van der Waals surface area contributed by atoms with E-state index in [4.69, 9.17) is 16.3 Å². The lowest BCUT2D eigenvalue weighted by Gasteiger charge is -2.12. The average molecular weight is 392 g/mol. The number of Topliss-reactive ketones (excluding diaryl/α,β-unsaturated/α-hetero) is 1. The number of amides is 1. The summed E-state index contributed by atoms with van der Waals surface area (Å²) in [5, 5.41) is 3.50. The molecule has 0 radical (unpaired) electrons. The number of anilines is 1. The van der Waals surface area contributed by atoms with E-state index in [0.29, 0.717) is 28.7 Å². The quantitative estimate of drug-likeness (QED) is 0.634. The SMILES string of the molecule is CCOc1ccc(C(C)=O)cc1CSCC(=O)Nc1cccc(Cl)c1C. The Labute approximate surface area is 163 Å². The van der Waals surface area contributed by atoms with Crippen molar-refractivity contribution in [2.75, 3.05) is 17.7 Å². The van der Waals surface area contributed by atoms with Gasteiger partial charge in [0, 0.05) is 27.6 Å². The highest BCUT2D eigenvalue weighted by atomic mass is 35.5. The highest BCUT2D eigenvalue weighted by Gasteiger charge is 2.11. The minimum Gasteiger partial charge on any atom is -0.494 e. The number of halogens is 1. The van der Waals surface area contributed by atoms with Gasteiger partial charge in [-0.15, -0.1) is 11.8 Å². The number of rotatable bonds is 8. The van der Waals surface area contributed by atoms with Gasteiger partial charge in [-0.2, -0.15) is 0 Å². The van der Waals surface area contributed by atoms with Crippen molar-refractivity contribution in [1.82, 2.24) is 0 Å². The van der Waals surface area contributed by atoms with E-state index >= 15 is 0 Å². The summed E-state index contributed by atoms with van der Waals surface area (Å²) in [6.45, 7) is 5.86. The minimum absolute atomic E-state index is 0.00785. The number of nitrogens with one attached hydrogen (secondary N) is 1. The molecule has 1 amide bonds. The van der Waals surface area contributed by atoms with Crippen molar-refractivity contribution in [3.05, 3.63) is 58.1 Å². The Morgan fingerprint density at radius 2 is 2.00 bits per heavy atom. The second-order valence-electron chi connectivity index (χ2n) is 5.77. The molecule has 1 N–H and O–H groups in total. The first kappa shape index (κ1) is 20.3. The van der Waals surface area contributed by atoms with Crippen LogP contribution >= 0.6 is 23.4 Å². The van der Waals surface area contributed by atoms with Crippen molar-refractivity contribution in [3.63, 3.8) is 0 Å². The first-order valence-electron chi connectivity index (χ1n) is 8.31. The Hall–Kier alpha value is -1.98. The number of benzene rings is 2. The lowest BCUT2D eigenvalue weighted by Crippen LogP contribution is -2.15. The van der Waals surface area contributed by atoms with Crippen LogP contribution in [0.1, 0.15) is 35.3 Å². The maximum atomic E-state index is 12.2. The van der Waals surface area contributed by atoms with E-state index in [1.165, 1.54) is 18.7 Å². The third-order valence-corrected chi connectivity index (χ3v) is 5.19. The lowest BCUT2D eigenvalue weighted by atomic mass is 10.1. The molecule has 0 aliphatic rings. The van der Waals surface area contributed by atoms with Gasteiger partial charge < -0.3 is 10.1 Å². The highest BCUT2D eigenvalue weighted by molar-refractivity contribution is 7.99. The summed E-state index contributed by atoms with van der Waals surface area (Å²) in [6, 6.07) is 10.8. The molecule has 2 aromatic rings. The van der Waals surface area contributed by atoms with E-state index in [1.54, 1.807) is 18.2 Å². The van der Waals surface area contributed by atoms with Crippen molar-refractivity contribution in [1.29, 1.82) is 0 Å². The normalized spacial score (nSPS) is 10.5. The van der Waals surface area contributed by atoms with Crippen LogP contribution in [0.5, 0.6) is 5.75 Å². The Balaban J connectivity index is 1.98. The Morgan fingerprint density at radius 1 is 1.23 bits per heavy atom. The van der Waals surface area contributed by atoms with E-state index in [2.05, 4.69) is 5.32 Å². The lowest BCUT2D eigenvalue weighted by molar-refractivity contribution is -0.113. The molecular formula is C20H22ClNO3S. The van der Waals surface area contributed by atoms with Gasteiger partial charge in [-0.1, -0.05) is 17.7 Å². The van der Waals surface area contributed by atoms with Crippen LogP contribution in [0.15, 0.2) is 36.4 Å². The standard InChI is InChI=1S/C20H22ClNO3S/c1-4-25-19-9-8-15(14(3)23)10-16(19)11-26-12-20(24)22-18-7-5-6-17(21)13(18)2/h5-10H,4,11-12H2,1-3H3,(H,22,24). The van der Waals surface area contributed by atoms with Crippen LogP contribution in [0.25, 0.3) is 0 Å². The van der Waals surface area contributed by atoms with Gasteiger partial charge in [0.2, 0.25) is 5.91 Å². The first-order valence-corrected chi connectivity index (χ1v) is 9.85. The van der Waals surface area contributed by atoms with Gasteiger partial charge in [0.1, 0.15) is 5.75 Å². The summed E-state index contributed by atoms with van der Waals surface area (Å²) in [5.41, 5.74) is 3.12. The third-order valence-electron chi connectivity index (χ3n) is 3.80. The fourth-order valence-electron chi connectivity index (χ4n) is 2.39. The molecule has 0 saturated heterocycles. The van der Waals surface area contributed by atoms with Crippen molar-refractivity contribution >= 4 is 40.7 Å². The molecule has 0 heterocycles. The van der Waals surface area contributed by atoms with E-state index in [1.807, 2.05) is 32.0 Å². The number of ether oxygens (including phenoxy) is 1. The molecule has 2 rings (SSSR count). The second-order valence-corrected chi connectivity index (χ2v) is 7.16. The van der Waals surface area contributed by atoms with E-state index in [0.717, 1.165) is 22.6 Å². The summed E-state index contributed by atoms with van der Waals surface area (Å²) >= 11 is 7.54. The maximum absolute atomic E-state index is 12.2. The fraction of sp³-hybridized carbons (Fsp3) is 0.300. The predicted octanol–water partition coefficient (Wildman–Crippen LogP) is 5.12. The molecule has 6 heteroatoms. The van der Waals surface area contributed by atoms with Crippen LogP contribution in [0, 0.1) is 6.92 Å². The van der Waals surface area contributed by atoms with E-state index < -0.39 is 0 Å². The van der Waals surface area contributed by atoms with Crippen LogP contribution in [-0.4, -0.2) is 24.1 Å². The van der Waals surface area contributed by atoms with Gasteiger partial charge in [0.15, 0.2) is 5.78 Å². The van der Waals surface area contributed by atoms with Crippen LogP contribution in [0.2, 0.25) is 5.02 Å². The first-order chi connectivity index (χ1) is 12.4. The van der Waals surface area contributed by atoms with Gasteiger partial charge in [0.25, 0.3) is 0 Å². The Morgan fingerprint density at radius 3 is 2.69 bits per heavy atom. The summed E-state index contributed by atoms with van der Waals surface area (Å²) in [5.74, 6) is 1.53. The topological polar surface area (TPSA) is 55.4 Å². The molecule has 0 fully saturated rings. The number of ketones is 1. The zero-order chi connectivity index (χ0) is 19.1. The third kappa shape index (κ3) is 5.51. The molecule has 0 aliphatic heterocycles. The van der Waals surface area contributed by atoms with Gasteiger partial charge >= 0.3 is 0 Å². The van der Waals surface area contributed by atoms with Gasteiger partial charge in [-0.05, 0) is 56.7 Å². The molecule has 0 aliphatic carbocycles. The number of thioether (sulfide) groups is 1. The molecule has 2 aromatic carbocycles. The molecule has 138 valence electrons. The van der Waals surface area contributed by atoms with Gasteiger partial charge in [0.05, 0.1) is 12.4 Å². The van der Waals surface area contributed by atoms with E-state index in [-0.39, 0.29) is 11.7 Å².